The number of carbonyl (C=O) groups excluding carboxylic acids is 1. The van der Waals surface area contributed by atoms with Crippen LogP contribution < -0.4 is 4.74 Å². The molecule has 0 aliphatic carbocycles. The molecule has 4 nitrogen and oxygen atoms in total. The Morgan fingerprint density at radius 2 is 2.12 bits per heavy atom. The highest BCUT2D eigenvalue weighted by Crippen LogP contribution is 2.24. The minimum Gasteiger partial charge on any atom is -0.496 e. The molecule has 0 atom stereocenters. The van der Waals surface area contributed by atoms with Crippen LogP contribution in [0.15, 0.2) is 12.1 Å². The van der Waals surface area contributed by atoms with Gasteiger partial charge in [0.25, 0.3) is 0 Å². The first kappa shape index (κ1) is 13.0. The van der Waals surface area contributed by atoms with Crippen LogP contribution in [0.2, 0.25) is 0 Å². The maximum atomic E-state index is 11.7. The van der Waals surface area contributed by atoms with Crippen LogP contribution in [0, 0.1) is 11.3 Å². The largest absolute Gasteiger partial charge is 0.496 e. The smallest absolute Gasteiger partial charge is 0.339 e. The molecule has 4 heteroatoms. The Morgan fingerprint density at radius 1 is 1.41 bits per heavy atom. The molecule has 0 radical (unpaired) electrons. The zero-order chi connectivity index (χ0) is 12.8. The van der Waals surface area contributed by atoms with E-state index in [0.29, 0.717) is 11.3 Å². The minimum absolute atomic E-state index is 0.275. The Hall–Kier alpha value is -2.02. The van der Waals surface area contributed by atoms with Crippen LogP contribution in [0.25, 0.3) is 0 Å². The van der Waals surface area contributed by atoms with Crippen molar-refractivity contribution >= 4 is 5.97 Å². The molecule has 0 aliphatic heterocycles. The van der Waals surface area contributed by atoms with Crippen molar-refractivity contribution in [3.8, 4) is 11.8 Å². The number of benzene rings is 1. The Morgan fingerprint density at radius 3 is 2.59 bits per heavy atom. The zero-order valence-electron chi connectivity index (χ0n) is 10.2. The standard InChI is InChI=1S/C13H15NO3/c1-4-9-6-11(13(15)17-5-2)10(8-14)7-12(9)16-3/h6-7H,4-5H2,1-3H3. The van der Waals surface area contributed by atoms with Gasteiger partial charge in [-0.05, 0) is 31.0 Å². The van der Waals surface area contributed by atoms with Gasteiger partial charge in [0, 0.05) is 0 Å². The first-order valence-electron chi connectivity index (χ1n) is 5.46. The first-order chi connectivity index (χ1) is 8.17. The van der Waals surface area contributed by atoms with Crippen LogP contribution in [0.5, 0.6) is 5.75 Å². The van der Waals surface area contributed by atoms with Gasteiger partial charge in [-0.25, -0.2) is 4.79 Å². The first-order valence-corrected chi connectivity index (χ1v) is 5.46. The van der Waals surface area contributed by atoms with E-state index in [2.05, 4.69) is 0 Å². The third kappa shape index (κ3) is 2.76. The van der Waals surface area contributed by atoms with E-state index in [4.69, 9.17) is 14.7 Å². The van der Waals surface area contributed by atoms with Crippen LogP contribution >= 0.6 is 0 Å². The molecule has 1 rings (SSSR count). The molecule has 0 unspecified atom stereocenters. The van der Waals surface area contributed by atoms with Crippen LogP contribution in [0.3, 0.4) is 0 Å². The third-order valence-corrected chi connectivity index (χ3v) is 2.42. The molecule has 1 aromatic rings. The quantitative estimate of drug-likeness (QED) is 0.749. The van der Waals surface area contributed by atoms with Gasteiger partial charge < -0.3 is 9.47 Å². The van der Waals surface area contributed by atoms with Crippen molar-refractivity contribution < 1.29 is 14.3 Å². The van der Waals surface area contributed by atoms with Gasteiger partial charge in [-0.2, -0.15) is 5.26 Å². The second-order valence-corrected chi connectivity index (χ2v) is 3.40. The van der Waals surface area contributed by atoms with Gasteiger partial charge in [0.2, 0.25) is 0 Å². The molecule has 0 amide bonds. The van der Waals surface area contributed by atoms with Gasteiger partial charge in [0.15, 0.2) is 0 Å². The molecule has 90 valence electrons. The lowest BCUT2D eigenvalue weighted by Gasteiger charge is -2.10. The summed E-state index contributed by atoms with van der Waals surface area (Å²) in [4.78, 5) is 11.7. The second-order valence-electron chi connectivity index (χ2n) is 3.40. The zero-order valence-corrected chi connectivity index (χ0v) is 10.2. The molecule has 0 N–H and O–H groups in total. The van der Waals surface area contributed by atoms with E-state index in [0.717, 1.165) is 12.0 Å². The maximum Gasteiger partial charge on any atom is 0.339 e. The second kappa shape index (κ2) is 5.90. The number of hydrogen-bond donors (Lipinski definition) is 0. The molecule has 0 heterocycles. The molecule has 0 saturated heterocycles. The van der Waals surface area contributed by atoms with E-state index < -0.39 is 5.97 Å². The van der Waals surface area contributed by atoms with Crippen LogP contribution in [-0.2, 0) is 11.2 Å². The number of nitriles is 1. The topological polar surface area (TPSA) is 59.3 Å². The van der Waals surface area contributed by atoms with Gasteiger partial charge in [-0.1, -0.05) is 6.92 Å². The maximum absolute atomic E-state index is 11.7. The molecule has 0 saturated carbocycles. The lowest BCUT2D eigenvalue weighted by atomic mass is 10.0. The van der Waals surface area contributed by atoms with Crippen molar-refractivity contribution in [2.24, 2.45) is 0 Å². The van der Waals surface area contributed by atoms with Crippen molar-refractivity contribution in [1.29, 1.82) is 5.26 Å². The van der Waals surface area contributed by atoms with E-state index >= 15 is 0 Å². The Balaban J connectivity index is 3.29. The summed E-state index contributed by atoms with van der Waals surface area (Å²) in [6.07, 6.45) is 0.723. The predicted octanol–water partition coefficient (Wildman–Crippen LogP) is 2.31. The number of rotatable bonds is 4. The van der Waals surface area contributed by atoms with Gasteiger partial charge in [0.1, 0.15) is 11.8 Å². The molecular weight excluding hydrogens is 218 g/mol. The Bertz CT molecular complexity index is 460. The number of nitrogens with zero attached hydrogens (tertiary/aromatic N) is 1. The monoisotopic (exact) mass is 233 g/mol. The SMILES string of the molecule is CCOC(=O)c1cc(CC)c(OC)cc1C#N. The summed E-state index contributed by atoms with van der Waals surface area (Å²) in [7, 11) is 1.54. The molecular formula is C13H15NO3. The lowest BCUT2D eigenvalue weighted by molar-refractivity contribution is 0.0526. The Kier molecular flexibility index (Phi) is 4.53. The molecule has 0 bridgehead atoms. The van der Waals surface area contributed by atoms with E-state index in [9.17, 15) is 4.79 Å². The fraction of sp³-hybridized carbons (Fsp3) is 0.385. The fourth-order valence-electron chi connectivity index (χ4n) is 1.56. The van der Waals surface area contributed by atoms with E-state index in [1.807, 2.05) is 13.0 Å². The molecule has 1 aromatic carbocycles. The summed E-state index contributed by atoms with van der Waals surface area (Å²) >= 11 is 0. The number of ether oxygens (including phenoxy) is 2. The summed E-state index contributed by atoms with van der Waals surface area (Å²) in [5.74, 6) is 0.151. The summed E-state index contributed by atoms with van der Waals surface area (Å²) in [6, 6.07) is 5.22. The molecule has 0 aliphatic rings. The van der Waals surface area contributed by atoms with E-state index in [1.54, 1.807) is 26.2 Å². The van der Waals surface area contributed by atoms with Crippen molar-refractivity contribution in [3.05, 3.63) is 28.8 Å². The predicted molar refractivity (Wildman–Crippen MR) is 63.0 cm³/mol. The number of aryl methyl sites for hydroxylation is 1. The number of methoxy groups -OCH3 is 1. The van der Waals surface area contributed by atoms with Crippen molar-refractivity contribution in [3.63, 3.8) is 0 Å². The number of carbonyl (C=O) groups is 1. The summed E-state index contributed by atoms with van der Waals surface area (Å²) in [6.45, 7) is 3.98. The van der Waals surface area contributed by atoms with Gasteiger partial charge in [-0.3, -0.25) is 0 Å². The normalized spacial score (nSPS) is 9.53. The molecule has 0 fully saturated rings. The van der Waals surface area contributed by atoms with E-state index in [1.165, 1.54) is 0 Å². The van der Waals surface area contributed by atoms with Crippen LogP contribution in [0.1, 0.15) is 35.3 Å². The Labute approximate surface area is 101 Å². The van der Waals surface area contributed by atoms with Crippen molar-refractivity contribution in [2.45, 2.75) is 20.3 Å². The highest BCUT2D eigenvalue weighted by molar-refractivity contribution is 5.92. The average Bonchev–Trinajstić information content (AvgIpc) is 2.37. The summed E-state index contributed by atoms with van der Waals surface area (Å²) < 4.78 is 10.1. The average molecular weight is 233 g/mol. The fourth-order valence-corrected chi connectivity index (χ4v) is 1.56. The van der Waals surface area contributed by atoms with Gasteiger partial charge in [-0.15, -0.1) is 0 Å². The highest BCUT2D eigenvalue weighted by atomic mass is 16.5. The molecule has 0 spiro atoms. The molecule has 17 heavy (non-hydrogen) atoms. The number of esters is 1. The number of hydrogen-bond acceptors (Lipinski definition) is 4. The van der Waals surface area contributed by atoms with Crippen LogP contribution in [0.4, 0.5) is 0 Å². The highest BCUT2D eigenvalue weighted by Gasteiger charge is 2.16. The van der Waals surface area contributed by atoms with Crippen LogP contribution in [-0.4, -0.2) is 19.7 Å². The van der Waals surface area contributed by atoms with Gasteiger partial charge >= 0.3 is 5.97 Å². The van der Waals surface area contributed by atoms with Gasteiger partial charge in [0.05, 0.1) is 24.8 Å². The van der Waals surface area contributed by atoms with Crippen molar-refractivity contribution in [2.75, 3.05) is 13.7 Å². The summed E-state index contributed by atoms with van der Waals surface area (Å²) in [5, 5.41) is 9.01. The minimum atomic E-state index is -0.471. The lowest BCUT2D eigenvalue weighted by Crippen LogP contribution is -2.08. The third-order valence-electron chi connectivity index (χ3n) is 2.42. The van der Waals surface area contributed by atoms with E-state index in [-0.39, 0.29) is 12.2 Å². The van der Waals surface area contributed by atoms with Crippen molar-refractivity contribution in [1.82, 2.24) is 0 Å². The summed E-state index contributed by atoms with van der Waals surface area (Å²) in [5.41, 5.74) is 1.46. The molecule has 0 aromatic heterocycles.